The van der Waals surface area contributed by atoms with E-state index in [2.05, 4.69) is 0 Å². The number of thioether (sulfide) groups is 1. The zero-order valence-electron chi connectivity index (χ0n) is 17.9. The van der Waals surface area contributed by atoms with Crippen LogP contribution in [0.15, 0.2) is 34.0 Å². The molecule has 3 rings (SSSR count). The van der Waals surface area contributed by atoms with Gasteiger partial charge in [-0.15, -0.1) is 0 Å². The Hall–Kier alpha value is -3.29. The molecule has 1 aromatic heterocycles. The van der Waals surface area contributed by atoms with E-state index in [1.807, 2.05) is 13.0 Å². The highest BCUT2D eigenvalue weighted by Gasteiger charge is 2.35. The molecule has 10 heteroatoms. The van der Waals surface area contributed by atoms with Gasteiger partial charge in [0.15, 0.2) is 5.78 Å². The summed E-state index contributed by atoms with van der Waals surface area (Å²) in [7, 11) is 0. The lowest BCUT2D eigenvalue weighted by atomic mass is 10.0. The molecule has 33 heavy (non-hydrogen) atoms. The Labute approximate surface area is 199 Å². The second-order valence-corrected chi connectivity index (χ2v) is 9.04. The number of carbonyl (C=O) groups is 2. The minimum atomic E-state index is -0.662. The number of Topliss-reactive ketones (excluding diaryl/α,β-unsaturated/α-hetero) is 1. The lowest BCUT2D eigenvalue weighted by Gasteiger charge is -2.18. The molecule has 0 aliphatic carbocycles. The molecule has 0 bridgehead atoms. The third-order valence-electron chi connectivity index (χ3n) is 5.16. The molecule has 1 N–H and O–H groups in total. The first kappa shape index (κ1) is 24.4. The number of thiocarbonyl (C=S) groups is 1. The number of hydrogen-bond acceptors (Lipinski definition) is 7. The first-order valence-electron chi connectivity index (χ1n) is 10.1. The molecule has 0 unspecified atom stereocenters. The molecule has 1 aromatic carbocycles. The lowest BCUT2D eigenvalue weighted by Crippen LogP contribution is -2.35. The van der Waals surface area contributed by atoms with Gasteiger partial charge in [0.05, 0.1) is 17.0 Å². The predicted octanol–water partition coefficient (Wildman–Crippen LogP) is 3.76. The van der Waals surface area contributed by atoms with Crippen LogP contribution in [0.1, 0.15) is 46.8 Å². The minimum Gasteiger partial charge on any atom is -0.494 e. The molecule has 1 aliphatic heterocycles. The molecule has 170 valence electrons. The van der Waals surface area contributed by atoms with Crippen molar-refractivity contribution in [1.29, 1.82) is 5.26 Å². The summed E-state index contributed by atoms with van der Waals surface area (Å²) in [5, 5.41) is 20.1. The van der Waals surface area contributed by atoms with E-state index in [9.17, 15) is 29.1 Å². The third kappa shape index (κ3) is 4.89. The molecule has 1 aliphatic rings. The number of rotatable bonds is 7. The fourth-order valence-corrected chi connectivity index (χ4v) is 4.63. The maximum atomic E-state index is 13.1. The molecule has 2 heterocycles. The number of unbranched alkanes of at least 4 members (excludes halogenated alkanes) is 1. The number of amides is 1. The van der Waals surface area contributed by atoms with E-state index < -0.39 is 35.5 Å². The van der Waals surface area contributed by atoms with Gasteiger partial charge >= 0.3 is 0 Å². The summed E-state index contributed by atoms with van der Waals surface area (Å²) in [6.45, 7) is 3.01. The first-order chi connectivity index (χ1) is 15.7. The minimum absolute atomic E-state index is 0.0602. The monoisotopic (exact) mass is 485 g/mol. The van der Waals surface area contributed by atoms with E-state index in [0.29, 0.717) is 12.0 Å². The van der Waals surface area contributed by atoms with E-state index in [1.165, 1.54) is 31.2 Å². The van der Waals surface area contributed by atoms with Crippen molar-refractivity contribution in [2.75, 3.05) is 6.54 Å². The number of aromatic nitrogens is 1. The summed E-state index contributed by atoms with van der Waals surface area (Å²) in [5.41, 5.74) is -0.415. The Morgan fingerprint density at radius 1 is 1.30 bits per heavy atom. The standard InChI is InChI=1S/C23H20FN3O4S2/c1-3-4-9-26-20(29)16(11-25)13(2)19(22(26)31)17(28)12-27-21(30)18(33-23(27)32)10-14-5-7-15(24)8-6-14/h5-8,10,31H,3-4,9,12H2,1-2H3/b18-10-. The highest BCUT2D eigenvalue weighted by Crippen LogP contribution is 2.33. The van der Waals surface area contributed by atoms with Crippen molar-refractivity contribution in [3.05, 3.63) is 67.6 Å². The van der Waals surface area contributed by atoms with Gasteiger partial charge in [-0.05, 0) is 42.7 Å². The van der Waals surface area contributed by atoms with Crippen LogP contribution in [0.5, 0.6) is 5.88 Å². The SMILES string of the molecule is CCCCn1c(O)c(C(=O)CN2C(=O)/C(=C/c3ccc(F)cc3)SC2=S)c(C)c(C#N)c1=O. The summed E-state index contributed by atoms with van der Waals surface area (Å²) in [6, 6.07) is 7.36. The average molecular weight is 486 g/mol. The molecule has 0 spiro atoms. The Balaban J connectivity index is 1.93. The molecular formula is C23H20FN3O4S2. The van der Waals surface area contributed by atoms with Crippen LogP contribution in [0.25, 0.3) is 6.08 Å². The van der Waals surface area contributed by atoms with Crippen molar-refractivity contribution >= 4 is 46.1 Å². The van der Waals surface area contributed by atoms with Gasteiger partial charge in [-0.1, -0.05) is 49.5 Å². The number of carbonyl (C=O) groups excluding carboxylic acids is 2. The van der Waals surface area contributed by atoms with Crippen molar-refractivity contribution in [3.63, 3.8) is 0 Å². The van der Waals surface area contributed by atoms with E-state index in [4.69, 9.17) is 12.2 Å². The van der Waals surface area contributed by atoms with Crippen LogP contribution in [0, 0.1) is 24.1 Å². The zero-order chi connectivity index (χ0) is 24.3. The van der Waals surface area contributed by atoms with Gasteiger partial charge in [-0.2, -0.15) is 5.26 Å². The predicted molar refractivity (Wildman–Crippen MR) is 127 cm³/mol. The molecule has 1 fully saturated rings. The summed E-state index contributed by atoms with van der Waals surface area (Å²) in [4.78, 5) is 39.9. The Morgan fingerprint density at radius 2 is 1.97 bits per heavy atom. The highest BCUT2D eigenvalue weighted by molar-refractivity contribution is 8.26. The lowest BCUT2D eigenvalue weighted by molar-refractivity contribution is -0.121. The van der Waals surface area contributed by atoms with Crippen LogP contribution in [0.4, 0.5) is 4.39 Å². The van der Waals surface area contributed by atoms with Crippen LogP contribution >= 0.6 is 24.0 Å². The van der Waals surface area contributed by atoms with Crippen LogP contribution < -0.4 is 5.56 Å². The van der Waals surface area contributed by atoms with Crippen molar-refractivity contribution < 1.29 is 19.1 Å². The summed E-state index contributed by atoms with van der Waals surface area (Å²) < 4.78 is 14.3. The fraction of sp³-hybridized carbons (Fsp3) is 0.261. The Bertz CT molecular complexity index is 1280. The van der Waals surface area contributed by atoms with E-state index in [-0.39, 0.29) is 32.5 Å². The normalized spacial score (nSPS) is 14.7. The fourth-order valence-electron chi connectivity index (χ4n) is 3.38. The molecular weight excluding hydrogens is 465 g/mol. The van der Waals surface area contributed by atoms with Gasteiger partial charge in [-0.3, -0.25) is 23.9 Å². The van der Waals surface area contributed by atoms with Crippen LogP contribution in [-0.4, -0.2) is 37.1 Å². The van der Waals surface area contributed by atoms with Gasteiger partial charge < -0.3 is 5.11 Å². The number of nitriles is 1. The molecule has 2 aromatic rings. The number of halogens is 1. The van der Waals surface area contributed by atoms with Gasteiger partial charge in [0.2, 0.25) is 5.88 Å². The quantitative estimate of drug-likeness (QED) is 0.362. The number of benzene rings is 1. The van der Waals surface area contributed by atoms with Crippen molar-refractivity contribution in [2.45, 2.75) is 33.2 Å². The van der Waals surface area contributed by atoms with E-state index in [0.717, 1.165) is 27.6 Å². The highest BCUT2D eigenvalue weighted by atomic mass is 32.2. The molecule has 0 radical (unpaired) electrons. The maximum Gasteiger partial charge on any atom is 0.271 e. The van der Waals surface area contributed by atoms with E-state index in [1.54, 1.807) is 6.08 Å². The van der Waals surface area contributed by atoms with E-state index >= 15 is 0 Å². The second kappa shape index (κ2) is 10.1. The van der Waals surface area contributed by atoms with Crippen LogP contribution in [0.2, 0.25) is 0 Å². The summed E-state index contributed by atoms with van der Waals surface area (Å²) in [5.74, 6) is -2.08. The first-order valence-corrected chi connectivity index (χ1v) is 11.3. The number of hydrogen-bond donors (Lipinski definition) is 1. The Morgan fingerprint density at radius 3 is 2.58 bits per heavy atom. The smallest absolute Gasteiger partial charge is 0.271 e. The second-order valence-electron chi connectivity index (χ2n) is 7.36. The summed E-state index contributed by atoms with van der Waals surface area (Å²) >= 11 is 6.27. The third-order valence-corrected chi connectivity index (χ3v) is 6.54. The molecule has 7 nitrogen and oxygen atoms in total. The van der Waals surface area contributed by atoms with Gasteiger partial charge in [0, 0.05) is 6.54 Å². The zero-order valence-corrected chi connectivity index (χ0v) is 19.6. The van der Waals surface area contributed by atoms with Crippen LogP contribution in [0.3, 0.4) is 0 Å². The van der Waals surface area contributed by atoms with Crippen LogP contribution in [-0.2, 0) is 11.3 Å². The average Bonchev–Trinajstić information content (AvgIpc) is 3.03. The largest absolute Gasteiger partial charge is 0.494 e. The van der Waals surface area contributed by atoms with Crippen molar-refractivity contribution in [1.82, 2.24) is 9.47 Å². The number of ketones is 1. The van der Waals surface area contributed by atoms with Crippen molar-refractivity contribution in [2.24, 2.45) is 0 Å². The summed E-state index contributed by atoms with van der Waals surface area (Å²) in [6.07, 6.45) is 2.85. The van der Waals surface area contributed by atoms with Gasteiger partial charge in [0.1, 0.15) is 21.8 Å². The van der Waals surface area contributed by atoms with Gasteiger partial charge in [-0.25, -0.2) is 4.39 Å². The molecule has 1 saturated heterocycles. The number of nitrogens with zero attached hydrogens (tertiary/aromatic N) is 3. The topological polar surface area (TPSA) is 103 Å². The molecule has 1 amide bonds. The van der Waals surface area contributed by atoms with Gasteiger partial charge in [0.25, 0.3) is 11.5 Å². The molecule has 0 atom stereocenters. The maximum absolute atomic E-state index is 13.1. The number of pyridine rings is 1. The Kier molecular flexibility index (Phi) is 7.46. The van der Waals surface area contributed by atoms with Crippen molar-refractivity contribution in [3.8, 4) is 11.9 Å². The number of aromatic hydroxyl groups is 1. The molecule has 0 saturated carbocycles.